The van der Waals surface area contributed by atoms with Gasteiger partial charge in [-0.25, -0.2) is 9.97 Å². The highest BCUT2D eigenvalue weighted by Crippen LogP contribution is 2.30. The number of anilines is 3. The molecule has 192 valence electrons. The highest BCUT2D eigenvalue weighted by molar-refractivity contribution is 6.16. The highest BCUT2D eigenvalue weighted by Gasteiger charge is 2.30. The van der Waals surface area contributed by atoms with Crippen LogP contribution in [0, 0.1) is 30.1 Å². The number of aliphatic hydroxyl groups excluding tert-OH is 1. The molecule has 1 amide bonds. The second kappa shape index (κ2) is 11.5. The summed E-state index contributed by atoms with van der Waals surface area (Å²) >= 11 is 0. The number of aliphatic hydroxyl groups is 1. The van der Waals surface area contributed by atoms with Crippen LogP contribution in [0.5, 0.6) is 0 Å². The summed E-state index contributed by atoms with van der Waals surface area (Å²) in [6, 6.07) is 9.02. The number of hydrogen-bond donors (Lipinski definition) is 5. The van der Waals surface area contributed by atoms with E-state index in [2.05, 4.69) is 32.4 Å². The van der Waals surface area contributed by atoms with Gasteiger partial charge in [0.2, 0.25) is 0 Å². The van der Waals surface area contributed by atoms with Gasteiger partial charge < -0.3 is 21.5 Å². The first-order chi connectivity index (χ1) is 17.5. The average molecular weight is 511 g/mol. The third-order valence-corrected chi connectivity index (χ3v) is 5.33. The number of aryl methyl sites for hydroxylation is 1. The third-order valence-electron chi connectivity index (χ3n) is 5.33. The van der Waals surface area contributed by atoms with Gasteiger partial charge in [-0.2, -0.15) is 13.2 Å². The van der Waals surface area contributed by atoms with Gasteiger partial charge in [-0.05, 0) is 54.7 Å². The molecule has 3 rings (SSSR count). The van der Waals surface area contributed by atoms with Crippen LogP contribution in [0.25, 0.3) is 0 Å². The minimum absolute atomic E-state index is 0.00455. The van der Waals surface area contributed by atoms with Crippen LogP contribution in [0.15, 0.2) is 48.8 Å². The van der Waals surface area contributed by atoms with Gasteiger partial charge in [0.15, 0.2) is 0 Å². The Morgan fingerprint density at radius 2 is 1.97 bits per heavy atom. The van der Waals surface area contributed by atoms with Crippen molar-refractivity contribution < 1.29 is 23.1 Å². The first kappa shape index (κ1) is 27.2. The van der Waals surface area contributed by atoms with Gasteiger partial charge in [0.25, 0.3) is 5.91 Å². The summed E-state index contributed by atoms with van der Waals surface area (Å²) in [5.41, 5.74) is 6.49. The van der Waals surface area contributed by atoms with E-state index < -0.39 is 17.6 Å². The number of carbonyl (C=O) groups excluding carboxylic acids is 1. The molecular weight excluding hydrogens is 485 g/mol. The second-order valence-electron chi connectivity index (χ2n) is 8.34. The molecule has 0 bridgehead atoms. The van der Waals surface area contributed by atoms with E-state index in [-0.39, 0.29) is 40.9 Å². The molecule has 0 saturated heterocycles. The maximum atomic E-state index is 13.0. The van der Waals surface area contributed by atoms with E-state index in [1.165, 1.54) is 30.6 Å². The maximum absolute atomic E-state index is 13.0. The predicted molar refractivity (Wildman–Crippen MR) is 135 cm³/mol. The molecule has 1 unspecified atom stereocenters. The van der Waals surface area contributed by atoms with Crippen LogP contribution in [-0.2, 0) is 6.18 Å². The molecule has 3 aromatic rings. The lowest BCUT2D eigenvalue weighted by molar-refractivity contribution is -0.137. The number of rotatable bonds is 7. The summed E-state index contributed by atoms with van der Waals surface area (Å²) in [6.45, 7) is 3.96. The Morgan fingerprint density at radius 3 is 2.68 bits per heavy atom. The Kier molecular flexibility index (Phi) is 8.47. The number of amides is 1. The molecule has 0 aliphatic rings. The van der Waals surface area contributed by atoms with Crippen molar-refractivity contribution in [3.05, 3.63) is 76.6 Å². The number of benzene rings is 2. The van der Waals surface area contributed by atoms with Crippen LogP contribution < -0.4 is 16.4 Å². The average Bonchev–Trinajstić information content (AvgIpc) is 2.86. The van der Waals surface area contributed by atoms with Crippen LogP contribution in [0.3, 0.4) is 0 Å². The van der Waals surface area contributed by atoms with Gasteiger partial charge in [-0.1, -0.05) is 25.0 Å². The quantitative estimate of drug-likeness (QED) is 0.240. The first-order valence-electron chi connectivity index (χ1n) is 11.1. The molecule has 1 aromatic heterocycles. The van der Waals surface area contributed by atoms with Crippen LogP contribution >= 0.6 is 0 Å². The van der Waals surface area contributed by atoms with Crippen LogP contribution in [-0.4, -0.2) is 39.8 Å². The van der Waals surface area contributed by atoms with Crippen LogP contribution in [0.2, 0.25) is 0 Å². The molecule has 0 radical (unpaired) electrons. The van der Waals surface area contributed by atoms with Gasteiger partial charge in [0, 0.05) is 30.0 Å². The number of carbonyl (C=O) groups is 1. The van der Waals surface area contributed by atoms with Crippen molar-refractivity contribution in [2.75, 3.05) is 29.5 Å². The lowest BCUT2D eigenvalue weighted by atomic mass is 10.0. The van der Waals surface area contributed by atoms with Crippen LogP contribution in [0.1, 0.15) is 39.5 Å². The van der Waals surface area contributed by atoms with Crippen molar-refractivity contribution in [2.24, 2.45) is 5.92 Å². The van der Waals surface area contributed by atoms with E-state index in [1.807, 2.05) is 6.92 Å². The summed E-state index contributed by atoms with van der Waals surface area (Å²) in [4.78, 5) is 20.7. The van der Waals surface area contributed by atoms with Crippen molar-refractivity contribution in [2.45, 2.75) is 20.0 Å². The molecule has 2 aromatic carbocycles. The molecule has 11 heteroatoms. The summed E-state index contributed by atoms with van der Waals surface area (Å²) in [5.74, 6) is 5.25. The molecule has 8 nitrogen and oxygen atoms in total. The molecule has 0 saturated carbocycles. The van der Waals surface area contributed by atoms with Crippen molar-refractivity contribution >= 4 is 28.9 Å². The van der Waals surface area contributed by atoms with E-state index in [4.69, 9.17) is 11.1 Å². The van der Waals surface area contributed by atoms with Crippen molar-refractivity contribution in [3.8, 4) is 11.8 Å². The van der Waals surface area contributed by atoms with Crippen molar-refractivity contribution in [1.82, 2.24) is 9.97 Å². The highest BCUT2D eigenvalue weighted by atomic mass is 19.4. The summed E-state index contributed by atoms with van der Waals surface area (Å²) < 4.78 is 38.9. The fourth-order valence-corrected chi connectivity index (χ4v) is 3.18. The number of aromatic nitrogens is 2. The van der Waals surface area contributed by atoms with Gasteiger partial charge >= 0.3 is 6.18 Å². The first-order valence-corrected chi connectivity index (χ1v) is 11.1. The molecular formula is C26H25F3N6O2. The van der Waals surface area contributed by atoms with Gasteiger partial charge in [-0.3, -0.25) is 10.2 Å². The zero-order chi connectivity index (χ0) is 27.2. The minimum Gasteiger partial charge on any atom is -0.396 e. The van der Waals surface area contributed by atoms with Gasteiger partial charge in [0.1, 0.15) is 23.7 Å². The topological polar surface area (TPSA) is 137 Å². The summed E-state index contributed by atoms with van der Waals surface area (Å²) in [7, 11) is 0. The number of nitrogen functional groups attached to an aromatic ring is 1. The van der Waals surface area contributed by atoms with Crippen LogP contribution in [0.4, 0.5) is 30.5 Å². The number of nitrogens with zero attached hydrogens (tertiary/aromatic N) is 2. The monoisotopic (exact) mass is 510 g/mol. The Balaban J connectivity index is 1.83. The minimum atomic E-state index is -4.53. The summed E-state index contributed by atoms with van der Waals surface area (Å²) in [5, 5.41) is 23.2. The van der Waals surface area contributed by atoms with Gasteiger partial charge in [-0.15, -0.1) is 0 Å². The zero-order valence-electron chi connectivity index (χ0n) is 20.1. The molecule has 0 spiro atoms. The standard InChI is InChI=1S/C26H25F3N6O2/c1-15(13-36)12-32-24-22(23(31)33-14-34-24)21(30)9-8-17-10-18(7-6-16(17)2)25(37)35-20-5-3-4-19(11-20)26(27,28)29/h3-7,10-11,14-15,30,36H,12-13H2,1-2H3,(H,35,37)(H3,31,32,33,34). The van der Waals surface area contributed by atoms with E-state index in [0.29, 0.717) is 17.9 Å². The van der Waals surface area contributed by atoms with E-state index >= 15 is 0 Å². The second-order valence-corrected chi connectivity index (χ2v) is 8.34. The molecule has 0 fully saturated rings. The van der Waals surface area contributed by atoms with Gasteiger partial charge in [0.05, 0.1) is 11.1 Å². The van der Waals surface area contributed by atoms with E-state index in [9.17, 15) is 23.1 Å². The largest absolute Gasteiger partial charge is 0.416 e. The Bertz CT molecular complexity index is 1380. The third kappa shape index (κ3) is 7.05. The van der Waals surface area contributed by atoms with Crippen molar-refractivity contribution in [1.29, 1.82) is 5.41 Å². The fourth-order valence-electron chi connectivity index (χ4n) is 3.18. The fraction of sp³-hybridized carbons (Fsp3) is 0.231. The normalized spacial score (nSPS) is 11.7. The maximum Gasteiger partial charge on any atom is 0.416 e. The van der Waals surface area contributed by atoms with E-state index in [1.54, 1.807) is 13.0 Å². The number of alkyl halides is 3. The molecule has 1 heterocycles. The molecule has 6 N–H and O–H groups in total. The molecule has 37 heavy (non-hydrogen) atoms. The molecule has 1 atom stereocenters. The smallest absolute Gasteiger partial charge is 0.396 e. The Morgan fingerprint density at radius 1 is 1.22 bits per heavy atom. The molecule has 0 aliphatic carbocycles. The van der Waals surface area contributed by atoms with E-state index in [0.717, 1.165) is 17.7 Å². The SMILES string of the molecule is Cc1ccc(C(=O)Nc2cccc(C(F)(F)F)c2)cc1C#CC(=N)c1c(N)ncnc1NCC(C)CO. The lowest BCUT2D eigenvalue weighted by Crippen LogP contribution is -2.18. The van der Waals surface area contributed by atoms with Crippen molar-refractivity contribution in [3.63, 3.8) is 0 Å². The Hall–Kier alpha value is -4.43. The Labute approximate surface area is 211 Å². The lowest BCUT2D eigenvalue weighted by Gasteiger charge is -2.13. The summed E-state index contributed by atoms with van der Waals surface area (Å²) in [6.07, 6.45) is -3.28. The number of nitrogens with two attached hydrogens (primary N) is 1. The zero-order valence-corrected chi connectivity index (χ0v) is 20.1. The predicted octanol–water partition coefficient (Wildman–Crippen LogP) is 4.10. The number of hydrogen-bond acceptors (Lipinski definition) is 7. The molecule has 0 aliphatic heterocycles. The number of nitrogens with one attached hydrogen (secondary N) is 3. The number of halogens is 3.